The van der Waals surface area contributed by atoms with Gasteiger partial charge in [0.2, 0.25) is 0 Å². The van der Waals surface area contributed by atoms with Crippen LogP contribution >= 0.6 is 11.6 Å². The first-order chi connectivity index (χ1) is 12.0. The summed E-state index contributed by atoms with van der Waals surface area (Å²) in [6, 6.07) is 15.6. The number of piperazine rings is 1. The summed E-state index contributed by atoms with van der Waals surface area (Å²) in [6.07, 6.45) is 0. The van der Waals surface area contributed by atoms with Crippen molar-refractivity contribution >= 4 is 34.7 Å². The van der Waals surface area contributed by atoms with Crippen molar-refractivity contribution in [3.05, 3.63) is 53.6 Å². The van der Waals surface area contributed by atoms with E-state index in [9.17, 15) is 4.79 Å². The summed E-state index contributed by atoms with van der Waals surface area (Å²) in [6.45, 7) is 2.98. The van der Waals surface area contributed by atoms with Crippen molar-refractivity contribution in [3.8, 4) is 0 Å². The van der Waals surface area contributed by atoms with Crippen LogP contribution in [0.25, 0.3) is 0 Å². The van der Waals surface area contributed by atoms with Gasteiger partial charge >= 0.3 is 6.03 Å². The number of carbonyl (C=O) groups is 1. The van der Waals surface area contributed by atoms with Crippen LogP contribution in [0.3, 0.4) is 0 Å². The van der Waals surface area contributed by atoms with Crippen molar-refractivity contribution in [2.45, 2.75) is 0 Å². The van der Waals surface area contributed by atoms with E-state index in [0.717, 1.165) is 35.2 Å². The molecule has 0 aromatic heterocycles. The molecule has 132 valence electrons. The molecule has 1 heterocycles. The fourth-order valence-corrected chi connectivity index (χ4v) is 3.07. The molecule has 0 aliphatic carbocycles. The van der Waals surface area contributed by atoms with Crippen molar-refractivity contribution in [3.63, 3.8) is 0 Å². The number of amides is 2. The maximum absolute atomic E-state index is 12.4. The Balaban J connectivity index is 1.54. The molecule has 3 rings (SSSR count). The van der Waals surface area contributed by atoms with E-state index in [1.54, 1.807) is 0 Å². The molecule has 6 heteroatoms. The number of anilines is 3. The van der Waals surface area contributed by atoms with Crippen molar-refractivity contribution in [1.82, 2.24) is 4.90 Å². The molecule has 0 unspecified atom stereocenters. The highest BCUT2D eigenvalue weighted by molar-refractivity contribution is 6.30. The van der Waals surface area contributed by atoms with Crippen LogP contribution in [0.4, 0.5) is 21.9 Å². The lowest BCUT2D eigenvalue weighted by molar-refractivity contribution is 0.208. The predicted octanol–water partition coefficient (Wildman–Crippen LogP) is 3.76. The lowest BCUT2D eigenvalue weighted by atomic mass is 10.2. The minimum Gasteiger partial charge on any atom is -0.378 e. The molecule has 5 nitrogen and oxygen atoms in total. The van der Waals surface area contributed by atoms with Gasteiger partial charge in [-0.05, 0) is 42.5 Å². The molecule has 1 N–H and O–H groups in total. The Morgan fingerprint density at radius 3 is 2.32 bits per heavy atom. The minimum atomic E-state index is -0.0525. The number of nitrogens with zero attached hydrogens (tertiary/aromatic N) is 3. The summed E-state index contributed by atoms with van der Waals surface area (Å²) in [5.74, 6) is 0. The first-order valence-corrected chi connectivity index (χ1v) is 8.74. The minimum absolute atomic E-state index is 0.0525. The second-order valence-electron chi connectivity index (χ2n) is 6.33. The van der Waals surface area contributed by atoms with Gasteiger partial charge in [-0.15, -0.1) is 0 Å². The van der Waals surface area contributed by atoms with E-state index in [4.69, 9.17) is 11.6 Å². The maximum atomic E-state index is 12.4. The fourth-order valence-electron chi connectivity index (χ4n) is 2.89. The highest BCUT2D eigenvalue weighted by atomic mass is 35.5. The topological polar surface area (TPSA) is 38.8 Å². The van der Waals surface area contributed by atoms with Crippen molar-refractivity contribution in [1.29, 1.82) is 0 Å². The van der Waals surface area contributed by atoms with Crippen LogP contribution in [0.2, 0.25) is 5.02 Å². The highest BCUT2D eigenvalue weighted by Crippen LogP contribution is 2.21. The van der Waals surface area contributed by atoms with Crippen LogP contribution in [-0.4, -0.2) is 51.2 Å². The highest BCUT2D eigenvalue weighted by Gasteiger charge is 2.21. The van der Waals surface area contributed by atoms with Gasteiger partial charge in [0, 0.05) is 62.4 Å². The van der Waals surface area contributed by atoms with E-state index in [1.807, 2.05) is 72.4 Å². The van der Waals surface area contributed by atoms with Gasteiger partial charge in [-0.25, -0.2) is 4.79 Å². The number of nitrogens with one attached hydrogen (secondary N) is 1. The van der Waals surface area contributed by atoms with Crippen molar-refractivity contribution < 1.29 is 4.79 Å². The first-order valence-electron chi connectivity index (χ1n) is 8.37. The van der Waals surface area contributed by atoms with Gasteiger partial charge in [0.1, 0.15) is 0 Å². The van der Waals surface area contributed by atoms with Gasteiger partial charge in [-0.1, -0.05) is 17.7 Å². The third-order valence-electron chi connectivity index (χ3n) is 4.38. The molecule has 2 amide bonds. The Bertz CT molecular complexity index is 724. The number of carbonyl (C=O) groups excluding carboxylic acids is 1. The third kappa shape index (κ3) is 4.37. The zero-order valence-corrected chi connectivity index (χ0v) is 15.3. The van der Waals surface area contributed by atoms with Gasteiger partial charge in [-0.2, -0.15) is 0 Å². The quantitative estimate of drug-likeness (QED) is 0.908. The van der Waals surface area contributed by atoms with Crippen molar-refractivity contribution in [2.24, 2.45) is 0 Å². The fraction of sp³-hybridized carbons (Fsp3) is 0.316. The van der Waals surface area contributed by atoms with E-state index in [0.29, 0.717) is 13.1 Å². The molecule has 0 atom stereocenters. The molecule has 0 bridgehead atoms. The third-order valence-corrected chi connectivity index (χ3v) is 4.61. The Morgan fingerprint density at radius 1 is 1.04 bits per heavy atom. The second-order valence-corrected chi connectivity index (χ2v) is 6.76. The van der Waals surface area contributed by atoms with Crippen molar-refractivity contribution in [2.75, 3.05) is 55.4 Å². The average molecular weight is 359 g/mol. The summed E-state index contributed by atoms with van der Waals surface area (Å²) in [7, 11) is 3.99. The number of hydrogen-bond donors (Lipinski definition) is 1. The zero-order valence-electron chi connectivity index (χ0n) is 14.6. The Morgan fingerprint density at radius 2 is 1.72 bits per heavy atom. The van der Waals surface area contributed by atoms with E-state index < -0.39 is 0 Å². The van der Waals surface area contributed by atoms with Crippen LogP contribution < -0.4 is 15.1 Å². The summed E-state index contributed by atoms with van der Waals surface area (Å²) in [5.41, 5.74) is 3.02. The van der Waals surface area contributed by atoms with E-state index in [1.165, 1.54) is 0 Å². The molecular weight excluding hydrogens is 336 g/mol. The van der Waals surface area contributed by atoms with Crippen LogP contribution in [0.15, 0.2) is 48.5 Å². The van der Waals surface area contributed by atoms with Gasteiger partial charge in [-0.3, -0.25) is 0 Å². The second kappa shape index (κ2) is 7.66. The van der Waals surface area contributed by atoms with Gasteiger partial charge in [0.25, 0.3) is 0 Å². The molecule has 1 fully saturated rings. The predicted molar refractivity (Wildman–Crippen MR) is 105 cm³/mol. The average Bonchev–Trinajstić information content (AvgIpc) is 2.62. The Kier molecular flexibility index (Phi) is 5.34. The summed E-state index contributed by atoms with van der Waals surface area (Å²) < 4.78 is 0. The molecular formula is C19H23ClN4O. The first kappa shape index (κ1) is 17.4. The van der Waals surface area contributed by atoms with E-state index in [-0.39, 0.29) is 6.03 Å². The number of benzene rings is 2. The number of halogens is 1. The van der Waals surface area contributed by atoms with E-state index in [2.05, 4.69) is 10.2 Å². The maximum Gasteiger partial charge on any atom is 0.321 e. The zero-order chi connectivity index (χ0) is 17.8. The Labute approximate surface area is 153 Å². The standard InChI is InChI=1S/C19H23ClN4O/c1-22(2)17-8-6-16(7-9-17)21-19(25)24-12-10-23(11-13-24)18-5-3-4-15(20)14-18/h3-9,14H,10-13H2,1-2H3,(H,21,25). The molecule has 1 aliphatic rings. The molecule has 2 aromatic carbocycles. The van der Waals surface area contributed by atoms with Crippen LogP contribution in [0.5, 0.6) is 0 Å². The summed E-state index contributed by atoms with van der Waals surface area (Å²) >= 11 is 6.06. The summed E-state index contributed by atoms with van der Waals surface area (Å²) in [5, 5.41) is 3.71. The smallest absolute Gasteiger partial charge is 0.321 e. The lowest BCUT2D eigenvalue weighted by Crippen LogP contribution is -2.50. The number of hydrogen-bond acceptors (Lipinski definition) is 3. The monoisotopic (exact) mass is 358 g/mol. The Hall–Kier alpha value is -2.40. The number of urea groups is 1. The summed E-state index contributed by atoms with van der Waals surface area (Å²) in [4.78, 5) is 18.6. The van der Waals surface area contributed by atoms with Crippen LogP contribution in [0.1, 0.15) is 0 Å². The number of rotatable bonds is 3. The molecule has 25 heavy (non-hydrogen) atoms. The van der Waals surface area contributed by atoms with Crippen LogP contribution in [0, 0.1) is 0 Å². The van der Waals surface area contributed by atoms with Gasteiger partial charge in [0.15, 0.2) is 0 Å². The SMILES string of the molecule is CN(C)c1ccc(NC(=O)N2CCN(c3cccc(Cl)c3)CC2)cc1. The van der Waals surface area contributed by atoms with Gasteiger partial charge < -0.3 is 20.0 Å². The largest absolute Gasteiger partial charge is 0.378 e. The normalized spacial score (nSPS) is 14.4. The van der Waals surface area contributed by atoms with Gasteiger partial charge in [0.05, 0.1) is 0 Å². The van der Waals surface area contributed by atoms with E-state index >= 15 is 0 Å². The molecule has 1 aliphatic heterocycles. The molecule has 0 spiro atoms. The molecule has 2 aromatic rings. The lowest BCUT2D eigenvalue weighted by Gasteiger charge is -2.36. The molecule has 0 radical (unpaired) electrons. The molecule has 0 saturated carbocycles. The van der Waals surface area contributed by atoms with Crippen LogP contribution in [-0.2, 0) is 0 Å². The molecule has 1 saturated heterocycles.